The van der Waals surface area contributed by atoms with Gasteiger partial charge >= 0.3 is 0 Å². The van der Waals surface area contributed by atoms with E-state index in [1.807, 2.05) is 41.1 Å². The monoisotopic (exact) mass is 393 g/mol. The molecule has 1 aliphatic heterocycles. The molecule has 0 spiro atoms. The first kappa shape index (κ1) is 19.5. The summed E-state index contributed by atoms with van der Waals surface area (Å²) in [6.07, 6.45) is 3.71. The lowest BCUT2D eigenvalue weighted by Crippen LogP contribution is -2.15. The van der Waals surface area contributed by atoms with Gasteiger partial charge in [-0.25, -0.2) is 0 Å². The lowest BCUT2D eigenvalue weighted by molar-refractivity contribution is 0.286. The van der Waals surface area contributed by atoms with Crippen molar-refractivity contribution in [3.63, 3.8) is 0 Å². The van der Waals surface area contributed by atoms with Gasteiger partial charge in [0, 0.05) is 36.9 Å². The smallest absolute Gasteiger partial charge is 0.161 e. The molecule has 6 heteroatoms. The van der Waals surface area contributed by atoms with Gasteiger partial charge in [-0.2, -0.15) is 5.10 Å². The lowest BCUT2D eigenvalue weighted by Gasteiger charge is -2.09. The number of aromatic nitrogens is 2. The van der Waals surface area contributed by atoms with Crippen LogP contribution in [0, 0.1) is 0 Å². The van der Waals surface area contributed by atoms with Crippen LogP contribution in [0.2, 0.25) is 0 Å². The van der Waals surface area contributed by atoms with Crippen LogP contribution in [-0.2, 0) is 13.1 Å². The number of benzene rings is 2. The van der Waals surface area contributed by atoms with Crippen LogP contribution in [0.15, 0.2) is 54.7 Å². The Kier molecular flexibility index (Phi) is 6.44. The van der Waals surface area contributed by atoms with Gasteiger partial charge in [0.05, 0.1) is 25.5 Å². The van der Waals surface area contributed by atoms with E-state index in [0.29, 0.717) is 19.8 Å². The number of hydrogen-bond donors (Lipinski definition) is 2. The van der Waals surface area contributed by atoms with Gasteiger partial charge in [-0.3, -0.25) is 4.68 Å². The molecule has 0 atom stereocenters. The van der Waals surface area contributed by atoms with Crippen molar-refractivity contribution in [1.82, 2.24) is 15.1 Å². The molecule has 1 aromatic heterocycles. The largest absolute Gasteiger partial charge is 0.490 e. The molecule has 29 heavy (non-hydrogen) atoms. The zero-order chi connectivity index (χ0) is 19.9. The molecule has 0 saturated heterocycles. The van der Waals surface area contributed by atoms with Gasteiger partial charge in [-0.05, 0) is 36.7 Å². The molecule has 0 fully saturated rings. The second kappa shape index (κ2) is 9.58. The van der Waals surface area contributed by atoms with Gasteiger partial charge in [-0.15, -0.1) is 0 Å². The van der Waals surface area contributed by atoms with Crippen molar-refractivity contribution < 1.29 is 14.6 Å². The van der Waals surface area contributed by atoms with Crippen LogP contribution in [0.5, 0.6) is 11.5 Å². The highest BCUT2D eigenvalue weighted by Crippen LogP contribution is 2.34. The van der Waals surface area contributed by atoms with Crippen molar-refractivity contribution in [1.29, 1.82) is 0 Å². The first-order valence-electron chi connectivity index (χ1n) is 10.2. The van der Waals surface area contributed by atoms with Crippen LogP contribution >= 0.6 is 0 Å². The maximum Gasteiger partial charge on any atom is 0.161 e. The molecular weight excluding hydrogens is 366 g/mol. The van der Waals surface area contributed by atoms with Gasteiger partial charge < -0.3 is 19.9 Å². The van der Waals surface area contributed by atoms with Crippen molar-refractivity contribution in [2.24, 2.45) is 0 Å². The van der Waals surface area contributed by atoms with Crippen LogP contribution in [0.25, 0.3) is 11.3 Å². The van der Waals surface area contributed by atoms with Crippen molar-refractivity contribution in [2.45, 2.75) is 25.9 Å². The average Bonchev–Trinajstić information content (AvgIpc) is 2.99. The molecule has 0 saturated carbocycles. The number of aliphatic hydroxyl groups excluding tert-OH is 1. The fourth-order valence-corrected chi connectivity index (χ4v) is 3.42. The maximum absolute atomic E-state index is 9.02. The van der Waals surface area contributed by atoms with E-state index in [4.69, 9.17) is 19.7 Å². The Bertz CT molecular complexity index is 924. The van der Waals surface area contributed by atoms with Crippen LogP contribution < -0.4 is 14.8 Å². The Morgan fingerprint density at radius 3 is 2.69 bits per heavy atom. The van der Waals surface area contributed by atoms with E-state index in [2.05, 4.69) is 23.6 Å². The Labute approximate surface area is 171 Å². The van der Waals surface area contributed by atoms with E-state index in [0.717, 1.165) is 54.3 Å². The van der Waals surface area contributed by atoms with Crippen molar-refractivity contribution in [3.05, 3.63) is 65.9 Å². The quantitative estimate of drug-likeness (QED) is 0.575. The topological polar surface area (TPSA) is 68.5 Å². The molecule has 0 amide bonds. The number of hydrogen-bond acceptors (Lipinski definition) is 5. The molecule has 0 bridgehead atoms. The highest BCUT2D eigenvalue weighted by atomic mass is 16.5. The molecule has 0 radical (unpaired) electrons. The summed E-state index contributed by atoms with van der Waals surface area (Å²) >= 11 is 0. The van der Waals surface area contributed by atoms with E-state index in [9.17, 15) is 0 Å². The highest BCUT2D eigenvalue weighted by molar-refractivity contribution is 5.66. The lowest BCUT2D eigenvalue weighted by atomic mass is 10.1. The highest BCUT2D eigenvalue weighted by Gasteiger charge is 2.16. The zero-order valence-electron chi connectivity index (χ0n) is 16.5. The summed E-state index contributed by atoms with van der Waals surface area (Å²) in [4.78, 5) is 0. The van der Waals surface area contributed by atoms with E-state index in [1.54, 1.807) is 0 Å². The summed E-state index contributed by atoms with van der Waals surface area (Å²) < 4.78 is 13.6. The number of nitrogens with one attached hydrogen (secondary N) is 1. The number of nitrogens with zero attached hydrogens (tertiary/aromatic N) is 2. The second-order valence-electron chi connectivity index (χ2n) is 7.15. The summed E-state index contributed by atoms with van der Waals surface area (Å²) in [5, 5.41) is 17.3. The van der Waals surface area contributed by atoms with Crippen molar-refractivity contribution in [3.8, 4) is 22.8 Å². The molecular formula is C23H27N3O3. The maximum atomic E-state index is 9.02. The summed E-state index contributed by atoms with van der Waals surface area (Å²) in [6.45, 7) is 3.70. The molecule has 1 aliphatic rings. The number of aliphatic hydroxyl groups is 1. The van der Waals surface area contributed by atoms with Gasteiger partial charge in [0.2, 0.25) is 0 Å². The predicted octanol–water partition coefficient (Wildman–Crippen LogP) is 3.23. The minimum Gasteiger partial charge on any atom is -0.490 e. The van der Waals surface area contributed by atoms with E-state index >= 15 is 0 Å². The molecule has 2 heterocycles. The summed E-state index contributed by atoms with van der Waals surface area (Å²) in [5.74, 6) is 1.56. The number of rotatable bonds is 8. The fourth-order valence-electron chi connectivity index (χ4n) is 3.42. The fraction of sp³-hybridized carbons (Fsp3) is 0.348. The minimum absolute atomic E-state index is 0.190. The second-order valence-corrected chi connectivity index (χ2v) is 7.15. The summed E-state index contributed by atoms with van der Waals surface area (Å²) in [6, 6.07) is 16.3. The Hall–Kier alpha value is -2.83. The average molecular weight is 393 g/mol. The van der Waals surface area contributed by atoms with Crippen LogP contribution in [0.1, 0.15) is 24.0 Å². The Morgan fingerprint density at radius 1 is 1.03 bits per heavy atom. The SMILES string of the molecule is OCCCNCc1cn(Cc2ccccc2)nc1-c1ccc2c(c1)OCCCO2. The van der Waals surface area contributed by atoms with Gasteiger partial charge in [-0.1, -0.05) is 30.3 Å². The van der Waals surface area contributed by atoms with Crippen LogP contribution in [0.4, 0.5) is 0 Å². The third kappa shape index (κ3) is 4.96. The molecule has 4 rings (SSSR count). The Morgan fingerprint density at radius 2 is 1.86 bits per heavy atom. The molecule has 0 unspecified atom stereocenters. The molecule has 2 aromatic carbocycles. The molecule has 3 aromatic rings. The van der Waals surface area contributed by atoms with Gasteiger partial charge in [0.1, 0.15) is 0 Å². The Balaban J connectivity index is 1.62. The zero-order valence-corrected chi connectivity index (χ0v) is 16.5. The third-order valence-electron chi connectivity index (χ3n) is 4.87. The number of fused-ring (bicyclic) bond motifs is 1. The minimum atomic E-state index is 0.190. The van der Waals surface area contributed by atoms with Crippen molar-refractivity contribution in [2.75, 3.05) is 26.4 Å². The van der Waals surface area contributed by atoms with E-state index in [1.165, 1.54) is 5.56 Å². The number of ether oxygens (including phenoxy) is 2. The summed E-state index contributed by atoms with van der Waals surface area (Å²) in [5.41, 5.74) is 4.28. The third-order valence-corrected chi connectivity index (χ3v) is 4.87. The predicted molar refractivity (Wildman–Crippen MR) is 112 cm³/mol. The first-order valence-corrected chi connectivity index (χ1v) is 10.2. The van der Waals surface area contributed by atoms with Crippen molar-refractivity contribution >= 4 is 0 Å². The van der Waals surface area contributed by atoms with Gasteiger partial charge in [0.15, 0.2) is 11.5 Å². The molecule has 6 nitrogen and oxygen atoms in total. The van der Waals surface area contributed by atoms with Crippen LogP contribution in [0.3, 0.4) is 0 Å². The van der Waals surface area contributed by atoms with Crippen LogP contribution in [-0.4, -0.2) is 41.3 Å². The van der Waals surface area contributed by atoms with Gasteiger partial charge in [0.25, 0.3) is 0 Å². The van der Waals surface area contributed by atoms with E-state index < -0.39 is 0 Å². The molecule has 2 N–H and O–H groups in total. The molecule has 152 valence electrons. The normalized spacial score (nSPS) is 13.3. The first-order chi connectivity index (χ1) is 14.3. The molecule has 0 aliphatic carbocycles. The standard InChI is InChI=1S/C23H27N3O3/c27-11-4-10-24-15-20-17-26(16-18-6-2-1-3-7-18)25-23(20)19-8-9-21-22(14-19)29-13-5-12-28-21/h1-3,6-9,14,17,24,27H,4-5,10-13,15-16H2. The summed E-state index contributed by atoms with van der Waals surface area (Å²) in [7, 11) is 0. The van der Waals surface area contributed by atoms with E-state index in [-0.39, 0.29) is 6.61 Å².